The molecule has 88 valence electrons. The van der Waals surface area contributed by atoms with E-state index in [1.807, 2.05) is 0 Å². The van der Waals surface area contributed by atoms with Crippen LogP contribution in [0.15, 0.2) is 12.1 Å². The van der Waals surface area contributed by atoms with E-state index < -0.39 is 0 Å². The molecule has 1 aromatic rings. The van der Waals surface area contributed by atoms with E-state index in [1.165, 1.54) is 29.5 Å². The molecule has 2 heteroatoms. The fraction of sp³-hybridized carbons (Fsp3) is 0.571. The summed E-state index contributed by atoms with van der Waals surface area (Å²) >= 11 is 0. The Kier molecular flexibility index (Phi) is 3.49. The van der Waals surface area contributed by atoms with Crippen molar-refractivity contribution in [3.8, 4) is 5.75 Å². The summed E-state index contributed by atoms with van der Waals surface area (Å²) < 4.78 is 5.97. The summed E-state index contributed by atoms with van der Waals surface area (Å²) in [5.74, 6) is 1.08. The van der Waals surface area contributed by atoms with Crippen molar-refractivity contribution >= 4 is 0 Å². The van der Waals surface area contributed by atoms with Gasteiger partial charge < -0.3 is 10.1 Å². The smallest absolute Gasteiger partial charge is 0.125 e. The highest BCUT2D eigenvalue weighted by atomic mass is 16.5. The predicted molar refractivity (Wildman–Crippen MR) is 67.2 cm³/mol. The third kappa shape index (κ3) is 2.38. The van der Waals surface area contributed by atoms with Gasteiger partial charge in [-0.2, -0.15) is 0 Å². The minimum atomic E-state index is 0.541. The van der Waals surface area contributed by atoms with Crippen molar-refractivity contribution in [2.75, 3.05) is 13.2 Å². The van der Waals surface area contributed by atoms with Crippen LogP contribution >= 0.6 is 0 Å². The van der Waals surface area contributed by atoms with Crippen LogP contribution in [0.3, 0.4) is 0 Å². The highest BCUT2D eigenvalue weighted by molar-refractivity contribution is 5.44. The van der Waals surface area contributed by atoms with Crippen LogP contribution in [0.25, 0.3) is 0 Å². The maximum Gasteiger partial charge on any atom is 0.125 e. The van der Waals surface area contributed by atoms with Crippen LogP contribution < -0.4 is 10.1 Å². The molecule has 0 bridgehead atoms. The topological polar surface area (TPSA) is 21.3 Å². The van der Waals surface area contributed by atoms with Gasteiger partial charge in [-0.3, -0.25) is 0 Å². The Bertz CT molecular complexity index is 367. The first-order valence-electron chi connectivity index (χ1n) is 6.11. The van der Waals surface area contributed by atoms with Crippen molar-refractivity contribution in [1.82, 2.24) is 5.32 Å². The zero-order valence-corrected chi connectivity index (χ0v) is 10.5. The molecule has 2 nitrogen and oxygen atoms in total. The molecule has 0 spiro atoms. The van der Waals surface area contributed by atoms with Crippen LogP contribution in [0.2, 0.25) is 0 Å². The second-order valence-electron chi connectivity index (χ2n) is 4.76. The normalized spacial score (nSPS) is 20.1. The number of ether oxygens (including phenoxy) is 1. The molecule has 16 heavy (non-hydrogen) atoms. The van der Waals surface area contributed by atoms with E-state index in [0.717, 1.165) is 18.9 Å². The van der Waals surface area contributed by atoms with Crippen LogP contribution in [0.5, 0.6) is 5.75 Å². The SMILES string of the molecule is Cc1ccc(C)c(OC[C@@H]2CCCN2)c1C. The van der Waals surface area contributed by atoms with Crippen LogP contribution in [0.1, 0.15) is 29.5 Å². The molecule has 0 amide bonds. The highest BCUT2D eigenvalue weighted by Crippen LogP contribution is 2.26. The first-order chi connectivity index (χ1) is 7.68. The van der Waals surface area contributed by atoms with Gasteiger partial charge in [-0.1, -0.05) is 12.1 Å². The fourth-order valence-electron chi connectivity index (χ4n) is 2.23. The lowest BCUT2D eigenvalue weighted by Gasteiger charge is -2.17. The van der Waals surface area contributed by atoms with E-state index in [1.54, 1.807) is 0 Å². The minimum Gasteiger partial charge on any atom is -0.491 e. The number of benzene rings is 1. The standard InChI is InChI=1S/C14H21NO/c1-10-6-7-11(2)14(12(10)3)16-9-13-5-4-8-15-13/h6-7,13,15H,4-5,8-9H2,1-3H3/t13-/m0/s1. The highest BCUT2D eigenvalue weighted by Gasteiger charge is 2.15. The fourth-order valence-corrected chi connectivity index (χ4v) is 2.23. The third-order valence-corrected chi connectivity index (χ3v) is 3.46. The zero-order chi connectivity index (χ0) is 11.5. The summed E-state index contributed by atoms with van der Waals surface area (Å²) in [6.45, 7) is 8.32. The van der Waals surface area contributed by atoms with Crippen molar-refractivity contribution < 1.29 is 4.74 Å². The van der Waals surface area contributed by atoms with Gasteiger partial charge in [-0.25, -0.2) is 0 Å². The average molecular weight is 219 g/mol. The molecule has 1 N–H and O–H groups in total. The molecule has 1 heterocycles. The lowest BCUT2D eigenvalue weighted by Crippen LogP contribution is -2.28. The van der Waals surface area contributed by atoms with Gasteiger partial charge in [0.05, 0.1) is 0 Å². The van der Waals surface area contributed by atoms with E-state index in [4.69, 9.17) is 4.74 Å². The van der Waals surface area contributed by atoms with E-state index in [2.05, 4.69) is 38.2 Å². The van der Waals surface area contributed by atoms with Crippen molar-refractivity contribution in [1.29, 1.82) is 0 Å². The molecule has 1 aliphatic rings. The van der Waals surface area contributed by atoms with Gasteiger partial charge in [0.2, 0.25) is 0 Å². The van der Waals surface area contributed by atoms with Gasteiger partial charge in [0, 0.05) is 6.04 Å². The lowest BCUT2D eigenvalue weighted by molar-refractivity contribution is 0.274. The zero-order valence-electron chi connectivity index (χ0n) is 10.5. The molecule has 2 rings (SSSR count). The van der Waals surface area contributed by atoms with Gasteiger partial charge in [0.1, 0.15) is 12.4 Å². The molecule has 0 radical (unpaired) electrons. The van der Waals surface area contributed by atoms with E-state index >= 15 is 0 Å². The Morgan fingerprint density at radius 3 is 2.69 bits per heavy atom. The third-order valence-electron chi connectivity index (χ3n) is 3.46. The van der Waals surface area contributed by atoms with E-state index in [9.17, 15) is 0 Å². The Labute approximate surface area is 98.0 Å². The van der Waals surface area contributed by atoms with Crippen LogP contribution in [0.4, 0.5) is 0 Å². The Morgan fingerprint density at radius 2 is 2.00 bits per heavy atom. The van der Waals surface area contributed by atoms with E-state index in [0.29, 0.717) is 6.04 Å². The Balaban J connectivity index is 2.05. The van der Waals surface area contributed by atoms with E-state index in [-0.39, 0.29) is 0 Å². The summed E-state index contributed by atoms with van der Waals surface area (Å²) in [6.07, 6.45) is 2.52. The van der Waals surface area contributed by atoms with Crippen LogP contribution in [0, 0.1) is 20.8 Å². The molecule has 1 fully saturated rings. The largest absolute Gasteiger partial charge is 0.491 e. The lowest BCUT2D eigenvalue weighted by atomic mass is 10.1. The molecule has 0 aromatic heterocycles. The summed E-state index contributed by atoms with van der Waals surface area (Å²) in [7, 11) is 0. The first kappa shape index (κ1) is 11.5. The first-order valence-corrected chi connectivity index (χ1v) is 6.11. The number of nitrogens with one attached hydrogen (secondary N) is 1. The number of hydrogen-bond donors (Lipinski definition) is 1. The summed E-state index contributed by atoms with van der Waals surface area (Å²) in [6, 6.07) is 4.84. The van der Waals surface area contributed by atoms with Gasteiger partial charge >= 0.3 is 0 Å². The average Bonchev–Trinajstić information content (AvgIpc) is 2.77. The predicted octanol–water partition coefficient (Wildman–Crippen LogP) is 2.74. The van der Waals surface area contributed by atoms with Gasteiger partial charge in [-0.05, 0) is 56.8 Å². The van der Waals surface area contributed by atoms with Gasteiger partial charge in [0.25, 0.3) is 0 Å². The molecule has 1 aromatic carbocycles. The Morgan fingerprint density at radius 1 is 1.25 bits per heavy atom. The van der Waals surface area contributed by atoms with Gasteiger partial charge in [0.15, 0.2) is 0 Å². The van der Waals surface area contributed by atoms with Crippen molar-refractivity contribution in [2.45, 2.75) is 39.7 Å². The minimum absolute atomic E-state index is 0.541. The molecular weight excluding hydrogens is 198 g/mol. The molecule has 0 aliphatic carbocycles. The molecule has 1 aliphatic heterocycles. The Hall–Kier alpha value is -1.02. The van der Waals surface area contributed by atoms with Crippen LogP contribution in [-0.2, 0) is 0 Å². The maximum atomic E-state index is 5.97. The monoisotopic (exact) mass is 219 g/mol. The van der Waals surface area contributed by atoms with Crippen molar-refractivity contribution in [3.63, 3.8) is 0 Å². The van der Waals surface area contributed by atoms with Crippen molar-refractivity contribution in [3.05, 3.63) is 28.8 Å². The second kappa shape index (κ2) is 4.88. The van der Waals surface area contributed by atoms with Gasteiger partial charge in [-0.15, -0.1) is 0 Å². The maximum absolute atomic E-state index is 5.97. The van der Waals surface area contributed by atoms with Crippen molar-refractivity contribution in [2.24, 2.45) is 0 Å². The molecule has 0 saturated carbocycles. The summed E-state index contributed by atoms with van der Waals surface area (Å²) in [5.41, 5.74) is 3.82. The quantitative estimate of drug-likeness (QED) is 0.844. The molecule has 1 saturated heterocycles. The van der Waals surface area contributed by atoms with Crippen LogP contribution in [-0.4, -0.2) is 19.2 Å². The summed E-state index contributed by atoms with van der Waals surface area (Å²) in [4.78, 5) is 0. The number of hydrogen-bond acceptors (Lipinski definition) is 2. The molecule has 0 unspecified atom stereocenters. The second-order valence-corrected chi connectivity index (χ2v) is 4.76. The number of aryl methyl sites for hydroxylation is 2. The molecular formula is C14H21NO. The number of rotatable bonds is 3. The molecule has 1 atom stereocenters. The summed E-state index contributed by atoms with van der Waals surface area (Å²) in [5, 5.41) is 3.46.